The van der Waals surface area contributed by atoms with Gasteiger partial charge < -0.3 is 34.6 Å². The molecule has 2 fully saturated rings. The molecular formula is C35H39N3O8. The minimum Gasteiger partial charge on any atom is -0.486 e. The number of likely N-dealkylation sites (tertiary alicyclic amines) is 1. The summed E-state index contributed by atoms with van der Waals surface area (Å²) in [5.74, 6) is 0.817. The van der Waals surface area contributed by atoms with E-state index in [9.17, 15) is 19.5 Å². The van der Waals surface area contributed by atoms with Gasteiger partial charge in [-0.05, 0) is 78.9 Å². The van der Waals surface area contributed by atoms with Crippen molar-refractivity contribution in [2.24, 2.45) is 0 Å². The maximum Gasteiger partial charge on any atom is 0.335 e. The smallest absolute Gasteiger partial charge is 0.335 e. The molecule has 6 rings (SSSR count). The quantitative estimate of drug-likeness (QED) is 0.302. The lowest BCUT2D eigenvalue weighted by Crippen LogP contribution is -2.73. The average Bonchev–Trinajstić information content (AvgIpc) is 3.08. The predicted octanol–water partition coefficient (Wildman–Crippen LogP) is 4.14. The number of piperidine rings is 1. The summed E-state index contributed by atoms with van der Waals surface area (Å²) in [4.78, 5) is 42.9. The van der Waals surface area contributed by atoms with Crippen LogP contribution in [-0.2, 0) is 16.1 Å². The highest BCUT2D eigenvalue weighted by molar-refractivity contribution is 6.00. The zero-order valence-corrected chi connectivity index (χ0v) is 25.8. The Bertz CT molecular complexity index is 1570. The number of ether oxygens (including phenoxy) is 3. The van der Waals surface area contributed by atoms with Crippen molar-refractivity contribution in [1.82, 2.24) is 15.1 Å². The molecule has 2 amide bonds. The van der Waals surface area contributed by atoms with Gasteiger partial charge in [0.15, 0.2) is 11.5 Å². The van der Waals surface area contributed by atoms with Crippen molar-refractivity contribution in [3.63, 3.8) is 0 Å². The summed E-state index contributed by atoms with van der Waals surface area (Å²) in [6.07, 6.45) is 1.39. The Morgan fingerprint density at radius 2 is 1.63 bits per heavy atom. The lowest BCUT2D eigenvalue weighted by atomic mass is 9.80. The first kappa shape index (κ1) is 31.4. The van der Waals surface area contributed by atoms with Gasteiger partial charge in [0, 0.05) is 26.2 Å². The second-order valence-corrected chi connectivity index (χ2v) is 12.0. The third-order valence-electron chi connectivity index (χ3n) is 9.07. The molecule has 11 heteroatoms. The highest BCUT2D eigenvalue weighted by atomic mass is 16.6. The van der Waals surface area contributed by atoms with Crippen LogP contribution >= 0.6 is 0 Å². The van der Waals surface area contributed by atoms with Crippen LogP contribution in [0.2, 0.25) is 0 Å². The topological polar surface area (TPSA) is 138 Å². The number of carboxylic acid groups (broad SMARTS) is 1. The number of nitrogens with zero attached hydrogens (tertiary/aromatic N) is 2. The van der Waals surface area contributed by atoms with Gasteiger partial charge in [-0.15, -0.1) is 0 Å². The Kier molecular flexibility index (Phi) is 9.14. The fourth-order valence-corrected chi connectivity index (χ4v) is 6.43. The van der Waals surface area contributed by atoms with E-state index < -0.39 is 23.7 Å². The molecule has 242 valence electrons. The molecule has 11 nitrogen and oxygen atoms in total. The van der Waals surface area contributed by atoms with Crippen molar-refractivity contribution in [3.05, 3.63) is 83.4 Å². The molecule has 0 unspecified atom stereocenters. The second kappa shape index (κ2) is 13.4. The molecule has 3 heterocycles. The summed E-state index contributed by atoms with van der Waals surface area (Å²) in [7, 11) is 0. The summed E-state index contributed by atoms with van der Waals surface area (Å²) >= 11 is 0. The molecule has 3 N–H and O–H groups in total. The number of nitrogens with one attached hydrogen (secondary N) is 1. The lowest BCUT2D eigenvalue weighted by molar-refractivity contribution is -0.164. The van der Waals surface area contributed by atoms with Gasteiger partial charge in [-0.25, -0.2) is 4.79 Å². The molecular weight excluding hydrogens is 590 g/mol. The SMILES string of the molecule is CCCCN1C(=O)[C@@H]([C@H](O)c2ccc3c(c2)OCCO3)NC(=O)C12CCN(Cc1ccc(Oc3ccc(C(=O)O)cc3)cc1)CC2. The molecule has 1 spiro atoms. The maximum absolute atomic E-state index is 14.0. The van der Waals surface area contributed by atoms with Crippen LogP contribution in [0.15, 0.2) is 66.7 Å². The number of aromatic carboxylic acids is 1. The van der Waals surface area contributed by atoms with E-state index in [2.05, 4.69) is 17.1 Å². The summed E-state index contributed by atoms with van der Waals surface area (Å²) in [6, 6.07) is 18.0. The number of aliphatic hydroxyl groups is 1. The predicted molar refractivity (Wildman–Crippen MR) is 168 cm³/mol. The monoisotopic (exact) mass is 629 g/mol. The van der Waals surface area contributed by atoms with Crippen LogP contribution in [0.4, 0.5) is 0 Å². The van der Waals surface area contributed by atoms with Crippen molar-refractivity contribution < 1.29 is 38.8 Å². The minimum absolute atomic E-state index is 0.198. The van der Waals surface area contributed by atoms with Crippen molar-refractivity contribution in [3.8, 4) is 23.0 Å². The van der Waals surface area contributed by atoms with Crippen LogP contribution in [0.5, 0.6) is 23.0 Å². The van der Waals surface area contributed by atoms with Crippen molar-refractivity contribution >= 4 is 17.8 Å². The average molecular weight is 630 g/mol. The van der Waals surface area contributed by atoms with Crippen molar-refractivity contribution in [2.45, 2.75) is 56.8 Å². The molecule has 3 aliphatic heterocycles. The number of carbonyl (C=O) groups is 3. The van der Waals surface area contributed by atoms with Gasteiger partial charge in [-0.2, -0.15) is 0 Å². The van der Waals surface area contributed by atoms with Crippen LogP contribution < -0.4 is 19.5 Å². The Labute approximate surface area is 267 Å². The molecule has 3 aromatic rings. The molecule has 0 radical (unpaired) electrons. The fourth-order valence-electron chi connectivity index (χ4n) is 6.43. The fraction of sp³-hybridized carbons (Fsp3) is 0.400. The number of hydrogen-bond acceptors (Lipinski definition) is 8. The van der Waals surface area contributed by atoms with E-state index in [-0.39, 0.29) is 17.4 Å². The minimum atomic E-state index is -1.23. The van der Waals surface area contributed by atoms with Crippen LogP contribution in [0.1, 0.15) is 60.2 Å². The summed E-state index contributed by atoms with van der Waals surface area (Å²) in [5.41, 5.74) is 0.805. The standard InChI is InChI=1S/C35H39N3O8/c1-2-3-16-38-32(40)30(31(39)25-8-13-28-29(21-25)45-20-19-44-28)36-34(43)35(38)14-17-37(18-15-35)22-23-4-9-26(10-5-23)46-27-11-6-24(7-12-27)33(41)42/h4-13,21,30-31,39H,2-3,14-20,22H2,1H3,(H,36,43)(H,41,42)/t30-,31-/m1/s1. The van der Waals surface area contributed by atoms with Crippen LogP contribution in [-0.4, -0.2) is 82.2 Å². The number of benzene rings is 3. The van der Waals surface area contributed by atoms with Crippen molar-refractivity contribution in [2.75, 3.05) is 32.8 Å². The first-order valence-electron chi connectivity index (χ1n) is 15.8. The molecule has 2 saturated heterocycles. The van der Waals surface area contributed by atoms with Gasteiger partial charge in [-0.3, -0.25) is 14.5 Å². The third kappa shape index (κ3) is 6.38. The Morgan fingerprint density at radius 3 is 2.28 bits per heavy atom. The summed E-state index contributed by atoms with van der Waals surface area (Å²) in [6.45, 7) is 5.30. The Hall–Kier alpha value is -4.61. The molecule has 3 aromatic carbocycles. The van der Waals surface area contributed by atoms with Crippen LogP contribution in [0.3, 0.4) is 0 Å². The van der Waals surface area contributed by atoms with Gasteiger partial charge in [-0.1, -0.05) is 31.5 Å². The highest BCUT2D eigenvalue weighted by Crippen LogP contribution is 2.38. The number of carbonyl (C=O) groups excluding carboxylic acids is 2. The first-order chi connectivity index (χ1) is 22.3. The van der Waals surface area contributed by atoms with E-state index in [1.165, 1.54) is 12.1 Å². The molecule has 3 aliphatic rings. The summed E-state index contributed by atoms with van der Waals surface area (Å²) in [5, 5.41) is 23.3. The van der Waals surface area contributed by atoms with Gasteiger partial charge in [0.1, 0.15) is 42.4 Å². The number of hydrogen-bond donors (Lipinski definition) is 3. The second-order valence-electron chi connectivity index (χ2n) is 12.0. The highest BCUT2D eigenvalue weighted by Gasteiger charge is 2.54. The van der Waals surface area contributed by atoms with Gasteiger partial charge in [0.05, 0.1) is 5.56 Å². The van der Waals surface area contributed by atoms with E-state index in [0.717, 1.165) is 18.4 Å². The van der Waals surface area contributed by atoms with Gasteiger partial charge in [0.2, 0.25) is 11.8 Å². The lowest BCUT2D eigenvalue weighted by Gasteiger charge is -2.52. The van der Waals surface area contributed by atoms with Gasteiger partial charge in [0.25, 0.3) is 0 Å². The van der Waals surface area contributed by atoms with E-state index >= 15 is 0 Å². The molecule has 46 heavy (non-hydrogen) atoms. The van der Waals surface area contributed by atoms with Gasteiger partial charge >= 0.3 is 5.97 Å². The molecule has 0 aromatic heterocycles. The maximum atomic E-state index is 14.0. The summed E-state index contributed by atoms with van der Waals surface area (Å²) < 4.78 is 17.1. The Morgan fingerprint density at radius 1 is 0.978 bits per heavy atom. The number of amides is 2. The van der Waals surface area contributed by atoms with Crippen molar-refractivity contribution in [1.29, 1.82) is 0 Å². The number of piperazine rings is 1. The normalized spacial score (nSPS) is 19.9. The largest absolute Gasteiger partial charge is 0.486 e. The van der Waals surface area contributed by atoms with E-state index in [4.69, 9.17) is 19.3 Å². The van der Waals surface area contributed by atoms with Crippen LogP contribution in [0.25, 0.3) is 0 Å². The number of carboxylic acids is 1. The number of unbranched alkanes of at least 4 members (excludes halogenated alkanes) is 1. The molecule has 0 aliphatic carbocycles. The molecule has 0 saturated carbocycles. The van der Waals surface area contributed by atoms with E-state index in [1.807, 2.05) is 24.3 Å². The van der Waals surface area contributed by atoms with Crippen LogP contribution in [0, 0.1) is 0 Å². The van der Waals surface area contributed by atoms with E-state index in [0.29, 0.717) is 80.8 Å². The zero-order valence-electron chi connectivity index (χ0n) is 25.8. The van der Waals surface area contributed by atoms with E-state index in [1.54, 1.807) is 35.2 Å². The Balaban J connectivity index is 1.10. The third-order valence-corrected chi connectivity index (χ3v) is 9.07. The number of fused-ring (bicyclic) bond motifs is 1. The number of rotatable bonds is 10. The zero-order chi connectivity index (χ0) is 32.3. The first-order valence-corrected chi connectivity index (χ1v) is 15.8. The number of aliphatic hydroxyl groups excluding tert-OH is 1. The molecule has 0 bridgehead atoms. The molecule has 2 atom stereocenters.